The average molecular weight is 284 g/mol. The molecule has 16 heavy (non-hydrogen) atoms. The quantitative estimate of drug-likeness (QED) is 0.885. The number of halogens is 1. The molecule has 0 spiro atoms. The number of carboxylic acid groups (broad SMARTS) is 1. The summed E-state index contributed by atoms with van der Waals surface area (Å²) in [6, 6.07) is 6.10. The third kappa shape index (κ3) is 1.79. The monoisotopic (exact) mass is 283 g/mol. The van der Waals surface area contributed by atoms with Crippen molar-refractivity contribution in [1.29, 1.82) is 0 Å². The lowest BCUT2D eigenvalue weighted by Gasteiger charge is -2.01. The van der Waals surface area contributed by atoms with Crippen molar-refractivity contribution in [2.24, 2.45) is 0 Å². The van der Waals surface area contributed by atoms with Crippen LogP contribution >= 0.6 is 15.9 Å². The van der Waals surface area contributed by atoms with Gasteiger partial charge in [-0.2, -0.15) is 0 Å². The highest BCUT2D eigenvalue weighted by molar-refractivity contribution is 9.10. The minimum Gasteiger partial charge on any atom is -0.507 e. The van der Waals surface area contributed by atoms with Gasteiger partial charge < -0.3 is 14.7 Å². The third-order valence-electron chi connectivity index (χ3n) is 1.97. The normalized spacial score (nSPS) is 10.3. The number of benzene rings is 1. The van der Waals surface area contributed by atoms with Gasteiger partial charge in [0.05, 0.1) is 4.47 Å². The van der Waals surface area contributed by atoms with Crippen LogP contribution in [0.25, 0.3) is 11.3 Å². The zero-order chi connectivity index (χ0) is 11.7. The van der Waals surface area contributed by atoms with Gasteiger partial charge in [0, 0.05) is 11.6 Å². The van der Waals surface area contributed by atoms with Crippen molar-refractivity contribution in [3.8, 4) is 17.1 Å². The van der Waals surface area contributed by atoms with Crippen LogP contribution in [0.4, 0.5) is 0 Å². The van der Waals surface area contributed by atoms with Crippen molar-refractivity contribution in [2.75, 3.05) is 0 Å². The van der Waals surface area contributed by atoms with Gasteiger partial charge >= 0.3 is 5.97 Å². The molecule has 2 rings (SSSR count). The van der Waals surface area contributed by atoms with Crippen molar-refractivity contribution in [2.45, 2.75) is 0 Å². The fraction of sp³-hybridized carbons (Fsp3) is 0. The Morgan fingerprint density at radius 1 is 1.44 bits per heavy atom. The van der Waals surface area contributed by atoms with Gasteiger partial charge in [0.2, 0.25) is 0 Å². The summed E-state index contributed by atoms with van der Waals surface area (Å²) >= 11 is 3.18. The first-order valence-corrected chi connectivity index (χ1v) is 5.06. The number of aromatic nitrogens is 1. The summed E-state index contributed by atoms with van der Waals surface area (Å²) < 4.78 is 5.31. The highest BCUT2D eigenvalue weighted by Crippen LogP contribution is 2.34. The molecule has 2 N–H and O–H groups in total. The molecule has 0 atom stereocenters. The topological polar surface area (TPSA) is 83.6 Å². The van der Waals surface area contributed by atoms with E-state index in [2.05, 4.69) is 21.1 Å². The van der Waals surface area contributed by atoms with Crippen molar-refractivity contribution in [3.05, 3.63) is 34.4 Å². The minimum absolute atomic E-state index is 0.0470. The average Bonchev–Trinajstić information content (AvgIpc) is 2.71. The zero-order valence-corrected chi connectivity index (χ0v) is 9.43. The largest absolute Gasteiger partial charge is 0.507 e. The maximum absolute atomic E-state index is 10.6. The van der Waals surface area contributed by atoms with Gasteiger partial charge in [0.25, 0.3) is 0 Å². The zero-order valence-electron chi connectivity index (χ0n) is 7.85. The summed E-state index contributed by atoms with van der Waals surface area (Å²) in [5.74, 6) is -0.836. The van der Waals surface area contributed by atoms with Gasteiger partial charge in [-0.3, -0.25) is 0 Å². The van der Waals surface area contributed by atoms with Crippen LogP contribution in [0, 0.1) is 0 Å². The van der Waals surface area contributed by atoms with Crippen LogP contribution in [-0.2, 0) is 0 Å². The molecule has 0 saturated carbocycles. The second-order valence-electron chi connectivity index (χ2n) is 3.02. The predicted octanol–water partition coefficient (Wildman–Crippen LogP) is 2.51. The molecule has 2 aromatic rings. The van der Waals surface area contributed by atoms with Crippen LogP contribution in [0.1, 0.15) is 10.5 Å². The molecule has 0 amide bonds. The Morgan fingerprint density at radius 2 is 2.19 bits per heavy atom. The van der Waals surface area contributed by atoms with E-state index in [1.807, 2.05) is 0 Å². The number of rotatable bonds is 2. The minimum atomic E-state index is -1.16. The summed E-state index contributed by atoms with van der Waals surface area (Å²) in [6.07, 6.45) is 0. The second-order valence-corrected chi connectivity index (χ2v) is 3.81. The van der Waals surface area contributed by atoms with E-state index < -0.39 is 5.97 Å². The number of nitrogens with zero attached hydrogens (tertiary/aromatic N) is 1. The molecule has 0 fully saturated rings. The number of hydrogen-bond acceptors (Lipinski definition) is 4. The van der Waals surface area contributed by atoms with Crippen LogP contribution in [0.5, 0.6) is 5.75 Å². The summed E-state index contributed by atoms with van der Waals surface area (Å²) in [7, 11) is 0. The molecule has 0 aliphatic heterocycles. The number of aromatic hydroxyl groups is 1. The first-order valence-electron chi connectivity index (χ1n) is 4.27. The van der Waals surface area contributed by atoms with E-state index in [1.54, 1.807) is 12.1 Å². The third-order valence-corrected chi connectivity index (χ3v) is 2.81. The highest BCUT2D eigenvalue weighted by Gasteiger charge is 2.15. The van der Waals surface area contributed by atoms with Crippen molar-refractivity contribution in [1.82, 2.24) is 5.16 Å². The lowest BCUT2D eigenvalue weighted by molar-refractivity contribution is 0.0686. The molecule has 1 aromatic heterocycles. The number of aromatic carboxylic acids is 1. The van der Waals surface area contributed by atoms with Gasteiger partial charge in [-0.05, 0) is 28.1 Å². The van der Waals surface area contributed by atoms with Gasteiger partial charge in [0.1, 0.15) is 5.75 Å². The van der Waals surface area contributed by atoms with Gasteiger partial charge in [-0.25, -0.2) is 4.79 Å². The SMILES string of the molecule is O=C(O)c1cc(-c2cccc(O)c2Br)on1. The molecule has 0 unspecified atom stereocenters. The molecular weight excluding hydrogens is 278 g/mol. The lowest BCUT2D eigenvalue weighted by atomic mass is 10.1. The first kappa shape index (κ1) is 10.7. The molecule has 0 radical (unpaired) electrons. The molecule has 0 aliphatic rings. The van der Waals surface area contributed by atoms with Crippen LogP contribution in [0.2, 0.25) is 0 Å². The van der Waals surface area contributed by atoms with E-state index in [0.717, 1.165) is 0 Å². The van der Waals surface area contributed by atoms with Gasteiger partial charge in [0.15, 0.2) is 11.5 Å². The van der Waals surface area contributed by atoms with E-state index in [1.165, 1.54) is 12.1 Å². The number of carboxylic acids is 1. The molecule has 0 saturated heterocycles. The Kier molecular flexibility index (Phi) is 2.66. The van der Waals surface area contributed by atoms with Crippen LogP contribution in [-0.4, -0.2) is 21.3 Å². The summed E-state index contributed by atoms with van der Waals surface area (Å²) in [5.41, 5.74) is 0.366. The van der Waals surface area contributed by atoms with E-state index in [4.69, 9.17) is 9.63 Å². The Labute approximate surface area is 98.4 Å². The molecule has 1 aromatic carbocycles. The summed E-state index contributed by atoms with van der Waals surface area (Å²) in [4.78, 5) is 10.6. The fourth-order valence-electron chi connectivity index (χ4n) is 1.21. The number of carbonyl (C=O) groups is 1. The summed E-state index contributed by atoms with van der Waals surface area (Å²) in [6.45, 7) is 0. The molecule has 0 bridgehead atoms. The standard InChI is InChI=1S/C10H6BrNO4/c11-9-5(2-1-3-7(9)13)8-4-6(10(14)15)12-16-8/h1-4,13H,(H,14,15). The molecule has 5 nitrogen and oxygen atoms in total. The van der Waals surface area contributed by atoms with E-state index in [9.17, 15) is 9.90 Å². The molecule has 6 heteroatoms. The Morgan fingerprint density at radius 3 is 2.81 bits per heavy atom. The number of hydrogen-bond donors (Lipinski definition) is 2. The van der Waals surface area contributed by atoms with Crippen LogP contribution in [0.3, 0.4) is 0 Å². The maximum Gasteiger partial charge on any atom is 0.358 e. The van der Waals surface area contributed by atoms with Crippen LogP contribution in [0.15, 0.2) is 33.3 Å². The molecular formula is C10H6BrNO4. The van der Waals surface area contributed by atoms with Crippen molar-refractivity contribution >= 4 is 21.9 Å². The molecule has 1 heterocycles. The highest BCUT2D eigenvalue weighted by atomic mass is 79.9. The molecule has 0 aliphatic carbocycles. The van der Waals surface area contributed by atoms with Crippen molar-refractivity contribution in [3.63, 3.8) is 0 Å². The Bertz CT molecular complexity index is 550. The predicted molar refractivity (Wildman–Crippen MR) is 58.3 cm³/mol. The summed E-state index contributed by atoms with van der Waals surface area (Å²) in [5, 5.41) is 21.5. The maximum atomic E-state index is 10.6. The van der Waals surface area contributed by atoms with Gasteiger partial charge in [-0.1, -0.05) is 11.2 Å². The number of phenols is 1. The Balaban J connectivity index is 2.50. The second kappa shape index (κ2) is 3.97. The smallest absolute Gasteiger partial charge is 0.358 e. The van der Waals surface area contributed by atoms with E-state index in [-0.39, 0.29) is 17.2 Å². The number of phenolic OH excluding ortho intramolecular Hbond substituents is 1. The lowest BCUT2D eigenvalue weighted by Crippen LogP contribution is -1.94. The van der Waals surface area contributed by atoms with Crippen molar-refractivity contribution < 1.29 is 19.5 Å². The van der Waals surface area contributed by atoms with E-state index in [0.29, 0.717) is 10.0 Å². The van der Waals surface area contributed by atoms with E-state index >= 15 is 0 Å². The first-order chi connectivity index (χ1) is 7.59. The molecule has 82 valence electrons. The van der Waals surface area contributed by atoms with Gasteiger partial charge in [-0.15, -0.1) is 0 Å². The fourth-order valence-corrected chi connectivity index (χ4v) is 1.67. The Hall–Kier alpha value is -1.82. The van der Waals surface area contributed by atoms with Crippen LogP contribution < -0.4 is 0 Å².